The Kier molecular flexibility index (Phi) is 5.21. The number of piperidine rings is 1. The summed E-state index contributed by atoms with van der Waals surface area (Å²) in [6, 6.07) is 6.22. The molecule has 1 saturated heterocycles. The molecule has 4 heterocycles. The highest BCUT2D eigenvalue weighted by Gasteiger charge is 2.41. The zero-order chi connectivity index (χ0) is 24.5. The maximum Gasteiger partial charge on any atom is 0.155 e. The van der Waals surface area contributed by atoms with E-state index < -0.39 is 0 Å². The molecule has 0 saturated carbocycles. The van der Waals surface area contributed by atoms with Gasteiger partial charge in [0.1, 0.15) is 44.7 Å². The molecule has 6 rings (SSSR count). The second-order valence-electron chi connectivity index (χ2n) is 9.89. The lowest BCUT2D eigenvalue weighted by Gasteiger charge is -2.40. The average Bonchev–Trinajstić information content (AvgIpc) is 3.48. The minimum absolute atomic E-state index is 0.189. The van der Waals surface area contributed by atoms with Gasteiger partial charge >= 0.3 is 0 Å². The molecule has 2 aliphatic rings. The average molecular weight is 445 g/mol. The number of pyridine rings is 1. The first kappa shape index (κ1) is 22.6. The van der Waals surface area contributed by atoms with Crippen molar-refractivity contribution in [1.29, 1.82) is 0 Å². The van der Waals surface area contributed by atoms with Crippen LogP contribution in [0.25, 0.3) is 16.8 Å². The molecule has 4 aromatic rings. The molecule has 5 nitrogen and oxygen atoms in total. The van der Waals surface area contributed by atoms with Crippen LogP contribution < -0.4 is 32.2 Å². The first-order valence-electron chi connectivity index (χ1n) is 11.8. The van der Waals surface area contributed by atoms with Gasteiger partial charge in [0.2, 0.25) is 0 Å². The molecule has 1 aliphatic heterocycles. The van der Waals surface area contributed by atoms with Crippen molar-refractivity contribution in [2.75, 3.05) is 18.0 Å². The SMILES string of the molecule is [B]c1c([B])c([B])c(-c2c(C)nc(N3CCC4(CC3)Cc3cccnc3C4)c3ccnn23)c([B])c1[B]. The number of anilines is 1. The van der Waals surface area contributed by atoms with Crippen molar-refractivity contribution in [2.24, 2.45) is 5.41 Å². The second-order valence-corrected chi connectivity index (χ2v) is 9.89. The van der Waals surface area contributed by atoms with Crippen molar-refractivity contribution in [1.82, 2.24) is 19.6 Å². The third-order valence-corrected chi connectivity index (χ3v) is 7.85. The standard InChI is InChI=1S/C25H20B5N5/c1-13-23(17-18(26)20(28)22(30)21(29)19(17)27)35-16(4-8-32-35)24(33-13)34-9-5-25(6-10-34)11-14-3-2-7-31-15(14)12-25/h2-4,7-8H,5-6,9-12H2,1H3. The lowest BCUT2D eigenvalue weighted by Crippen LogP contribution is -2.55. The van der Waals surface area contributed by atoms with Crippen LogP contribution in [-0.4, -0.2) is 71.9 Å². The summed E-state index contributed by atoms with van der Waals surface area (Å²) >= 11 is 0. The summed E-state index contributed by atoms with van der Waals surface area (Å²) in [7, 11) is 31.0. The van der Waals surface area contributed by atoms with Gasteiger partial charge in [-0.1, -0.05) is 17.0 Å². The van der Waals surface area contributed by atoms with Gasteiger partial charge in [-0.15, -0.1) is 16.4 Å². The summed E-state index contributed by atoms with van der Waals surface area (Å²) in [6.45, 7) is 3.77. The van der Waals surface area contributed by atoms with Gasteiger partial charge in [0, 0.05) is 25.0 Å². The number of nitrogens with zero attached hydrogens (tertiary/aromatic N) is 5. The zero-order valence-electron chi connectivity index (χ0n) is 19.8. The van der Waals surface area contributed by atoms with Crippen LogP contribution >= 0.6 is 0 Å². The molecule has 1 spiro atoms. The second kappa shape index (κ2) is 8.07. The number of aromatic nitrogens is 4. The molecule has 35 heavy (non-hydrogen) atoms. The number of fused-ring (bicyclic) bond motifs is 2. The molecular formula is C25H20B5N5. The molecule has 1 aliphatic carbocycles. The third kappa shape index (κ3) is 3.40. The highest BCUT2D eigenvalue weighted by molar-refractivity contribution is 6.68. The van der Waals surface area contributed by atoms with E-state index in [0.29, 0.717) is 16.7 Å². The molecule has 0 N–H and O–H groups in total. The summed E-state index contributed by atoms with van der Waals surface area (Å²) in [5, 5.41) is 4.59. The zero-order valence-corrected chi connectivity index (χ0v) is 19.8. The molecule has 10 heteroatoms. The Morgan fingerprint density at radius 2 is 1.54 bits per heavy atom. The van der Waals surface area contributed by atoms with Crippen molar-refractivity contribution in [3.8, 4) is 11.3 Å². The molecule has 0 atom stereocenters. The predicted octanol–water partition coefficient (Wildman–Crippen LogP) is -1.55. The summed E-state index contributed by atoms with van der Waals surface area (Å²) < 4.78 is 1.83. The molecular weight excluding hydrogens is 424 g/mol. The van der Waals surface area contributed by atoms with Crippen molar-refractivity contribution in [3.05, 3.63) is 47.5 Å². The van der Waals surface area contributed by atoms with Crippen LogP contribution in [0.15, 0.2) is 30.6 Å². The lowest BCUT2D eigenvalue weighted by molar-refractivity contribution is 0.231. The molecule has 10 radical (unpaired) electrons. The highest BCUT2D eigenvalue weighted by atomic mass is 15.3. The maximum atomic E-state index is 6.37. The number of benzene rings is 1. The van der Waals surface area contributed by atoms with Crippen LogP contribution in [-0.2, 0) is 12.8 Å². The van der Waals surface area contributed by atoms with Gasteiger partial charge in [0.05, 0.1) is 17.6 Å². The normalized spacial score (nSPS) is 16.8. The van der Waals surface area contributed by atoms with Gasteiger partial charge in [0.15, 0.2) is 5.82 Å². The van der Waals surface area contributed by atoms with Crippen LogP contribution in [0.1, 0.15) is 29.8 Å². The fraction of sp³-hybridized carbons (Fsp3) is 0.320. The number of hydrogen-bond donors (Lipinski definition) is 0. The van der Waals surface area contributed by atoms with Gasteiger partial charge in [-0.25, -0.2) is 9.50 Å². The van der Waals surface area contributed by atoms with E-state index in [2.05, 4.69) is 21.0 Å². The first-order valence-corrected chi connectivity index (χ1v) is 11.8. The Morgan fingerprint density at radius 3 is 2.23 bits per heavy atom. The molecule has 1 aromatic carbocycles. The maximum absolute atomic E-state index is 6.37. The van der Waals surface area contributed by atoms with Gasteiger partial charge in [-0.3, -0.25) is 4.98 Å². The van der Waals surface area contributed by atoms with Crippen LogP contribution in [0.3, 0.4) is 0 Å². The van der Waals surface area contributed by atoms with Crippen molar-refractivity contribution >= 4 is 77.9 Å². The fourth-order valence-corrected chi connectivity index (χ4v) is 5.86. The van der Waals surface area contributed by atoms with Crippen LogP contribution in [0.2, 0.25) is 0 Å². The summed E-state index contributed by atoms with van der Waals surface area (Å²) in [6.07, 6.45) is 8.01. The Labute approximate surface area is 212 Å². The van der Waals surface area contributed by atoms with E-state index in [1.807, 2.05) is 29.8 Å². The molecule has 1 fully saturated rings. The summed E-state index contributed by atoms with van der Waals surface area (Å²) in [4.78, 5) is 12.0. The van der Waals surface area contributed by atoms with E-state index >= 15 is 0 Å². The Balaban J connectivity index is 1.38. The van der Waals surface area contributed by atoms with E-state index in [0.717, 1.165) is 55.8 Å². The summed E-state index contributed by atoms with van der Waals surface area (Å²) in [5.74, 6) is 0.903. The highest BCUT2D eigenvalue weighted by Crippen LogP contribution is 2.44. The van der Waals surface area contributed by atoms with Crippen molar-refractivity contribution in [2.45, 2.75) is 32.6 Å². The van der Waals surface area contributed by atoms with Crippen LogP contribution in [0.5, 0.6) is 0 Å². The van der Waals surface area contributed by atoms with Gasteiger partial charge in [-0.05, 0) is 61.3 Å². The molecule has 0 bridgehead atoms. The quantitative estimate of drug-likeness (QED) is 0.352. The third-order valence-electron chi connectivity index (χ3n) is 7.85. The van der Waals surface area contributed by atoms with Crippen molar-refractivity contribution < 1.29 is 0 Å². The largest absolute Gasteiger partial charge is 0.355 e. The Hall–Kier alpha value is -2.89. The predicted molar refractivity (Wildman–Crippen MR) is 146 cm³/mol. The number of rotatable bonds is 2. The van der Waals surface area contributed by atoms with E-state index in [1.54, 1.807) is 6.20 Å². The van der Waals surface area contributed by atoms with E-state index in [9.17, 15) is 0 Å². The molecule has 160 valence electrons. The van der Waals surface area contributed by atoms with E-state index in [1.165, 1.54) is 11.3 Å². The molecule has 0 unspecified atom stereocenters. The minimum atomic E-state index is 0.189. The lowest BCUT2D eigenvalue weighted by atomic mass is 9.60. The summed E-state index contributed by atoms with van der Waals surface area (Å²) in [5.41, 5.74) is 6.89. The number of hydrogen-bond acceptors (Lipinski definition) is 4. The topological polar surface area (TPSA) is 46.3 Å². The molecule has 3 aromatic heterocycles. The fourth-order valence-electron chi connectivity index (χ4n) is 5.86. The van der Waals surface area contributed by atoms with Gasteiger partial charge in [-0.2, -0.15) is 5.10 Å². The Morgan fingerprint density at radius 1 is 0.857 bits per heavy atom. The molecule has 0 amide bonds. The van der Waals surface area contributed by atoms with Crippen LogP contribution in [0.4, 0.5) is 5.82 Å². The smallest absolute Gasteiger partial charge is 0.155 e. The minimum Gasteiger partial charge on any atom is -0.355 e. The van der Waals surface area contributed by atoms with Gasteiger partial charge < -0.3 is 4.90 Å². The van der Waals surface area contributed by atoms with E-state index in [4.69, 9.17) is 44.2 Å². The number of aryl methyl sites for hydroxylation is 1. The van der Waals surface area contributed by atoms with Gasteiger partial charge in [0.25, 0.3) is 0 Å². The van der Waals surface area contributed by atoms with E-state index in [-0.39, 0.29) is 27.3 Å². The van der Waals surface area contributed by atoms with Crippen molar-refractivity contribution in [3.63, 3.8) is 0 Å². The monoisotopic (exact) mass is 445 g/mol. The Bertz CT molecular complexity index is 1430. The van der Waals surface area contributed by atoms with Crippen LogP contribution in [0, 0.1) is 12.3 Å². The first-order chi connectivity index (χ1) is 16.8.